The van der Waals surface area contributed by atoms with E-state index in [2.05, 4.69) is 15.9 Å². The minimum atomic E-state index is -0.532. The quantitative estimate of drug-likeness (QED) is 0.304. The second kappa shape index (κ2) is 7.81. The van der Waals surface area contributed by atoms with Crippen molar-refractivity contribution in [1.29, 1.82) is 0 Å². The number of ether oxygens (including phenoxy) is 1. The Morgan fingerprint density at radius 1 is 1.22 bits per heavy atom. The van der Waals surface area contributed by atoms with E-state index >= 15 is 0 Å². The summed E-state index contributed by atoms with van der Waals surface area (Å²) in [7, 11) is 0. The highest BCUT2D eigenvalue weighted by atomic mass is 79.9. The Bertz CT molecular complexity index is 429. The molecule has 0 unspecified atom stereocenters. The lowest BCUT2D eigenvalue weighted by Crippen LogP contribution is -2.01. The van der Waals surface area contributed by atoms with Gasteiger partial charge in [0.2, 0.25) is 0 Å². The van der Waals surface area contributed by atoms with E-state index in [9.17, 15) is 10.1 Å². The van der Waals surface area contributed by atoms with Gasteiger partial charge >= 0.3 is 5.69 Å². The van der Waals surface area contributed by atoms with Crippen molar-refractivity contribution in [3.8, 4) is 5.75 Å². The Labute approximate surface area is 123 Å². The van der Waals surface area contributed by atoms with E-state index in [1.165, 1.54) is 12.1 Å². The molecule has 1 aromatic rings. The normalized spacial score (nSPS) is 10.4. The van der Waals surface area contributed by atoms with Gasteiger partial charge in [-0.1, -0.05) is 39.1 Å². The maximum atomic E-state index is 10.8. The molecular formula is C11H12BrCl2NO3. The van der Waals surface area contributed by atoms with Crippen LogP contribution in [0, 0.1) is 10.1 Å². The predicted molar refractivity (Wildman–Crippen MR) is 76.3 cm³/mol. The zero-order chi connectivity index (χ0) is 13.5. The molecule has 0 aliphatic carbocycles. The molecule has 100 valence electrons. The molecule has 0 aliphatic heterocycles. The third-order valence-corrected chi connectivity index (χ3v) is 3.52. The average molecular weight is 357 g/mol. The number of benzene rings is 1. The van der Waals surface area contributed by atoms with Gasteiger partial charge < -0.3 is 4.74 Å². The second-order valence-corrected chi connectivity index (χ2v) is 5.20. The first-order valence-electron chi connectivity index (χ1n) is 5.38. The lowest BCUT2D eigenvalue weighted by Gasteiger charge is -2.07. The fourth-order valence-electron chi connectivity index (χ4n) is 1.33. The SMILES string of the molecule is O=[N+]([O-])c1cc(Cl)c(Cl)cc1OCCCCCBr. The van der Waals surface area contributed by atoms with E-state index in [1.54, 1.807) is 0 Å². The molecule has 0 N–H and O–H groups in total. The predicted octanol–water partition coefficient (Wildman–Crippen LogP) is 4.85. The monoisotopic (exact) mass is 355 g/mol. The van der Waals surface area contributed by atoms with Gasteiger partial charge in [0.25, 0.3) is 0 Å². The van der Waals surface area contributed by atoms with Crippen LogP contribution in [0.2, 0.25) is 10.0 Å². The average Bonchev–Trinajstić information content (AvgIpc) is 2.32. The number of hydrogen-bond donors (Lipinski definition) is 0. The molecule has 0 aromatic heterocycles. The topological polar surface area (TPSA) is 52.4 Å². The van der Waals surface area contributed by atoms with Gasteiger partial charge in [-0.25, -0.2) is 0 Å². The molecule has 0 amide bonds. The van der Waals surface area contributed by atoms with E-state index < -0.39 is 4.92 Å². The summed E-state index contributed by atoms with van der Waals surface area (Å²) in [5.74, 6) is 0.160. The van der Waals surface area contributed by atoms with Crippen LogP contribution in [-0.4, -0.2) is 16.9 Å². The van der Waals surface area contributed by atoms with Gasteiger partial charge in [0.05, 0.1) is 21.6 Å². The van der Waals surface area contributed by atoms with Gasteiger partial charge in [0.1, 0.15) is 0 Å². The van der Waals surface area contributed by atoms with Crippen LogP contribution in [0.4, 0.5) is 5.69 Å². The molecule has 0 atom stereocenters. The third kappa shape index (κ3) is 4.63. The fourth-order valence-corrected chi connectivity index (χ4v) is 2.04. The minimum absolute atomic E-state index is 0.148. The molecule has 18 heavy (non-hydrogen) atoms. The van der Waals surface area contributed by atoms with E-state index in [0.29, 0.717) is 6.61 Å². The highest BCUT2D eigenvalue weighted by Crippen LogP contribution is 2.35. The van der Waals surface area contributed by atoms with Crippen molar-refractivity contribution in [3.63, 3.8) is 0 Å². The summed E-state index contributed by atoms with van der Waals surface area (Å²) in [6.07, 6.45) is 2.89. The Kier molecular flexibility index (Phi) is 6.75. The van der Waals surface area contributed by atoms with Gasteiger partial charge in [0, 0.05) is 17.5 Å². The Balaban J connectivity index is 2.68. The maximum absolute atomic E-state index is 10.8. The smallest absolute Gasteiger partial charge is 0.312 e. The molecule has 0 fully saturated rings. The number of rotatable bonds is 7. The lowest BCUT2D eigenvalue weighted by molar-refractivity contribution is -0.385. The zero-order valence-corrected chi connectivity index (χ0v) is 12.6. The van der Waals surface area contributed by atoms with Crippen LogP contribution in [0.5, 0.6) is 5.75 Å². The van der Waals surface area contributed by atoms with Crippen LogP contribution in [0.1, 0.15) is 19.3 Å². The van der Waals surface area contributed by atoms with Gasteiger partial charge in [0.15, 0.2) is 5.75 Å². The number of hydrogen-bond acceptors (Lipinski definition) is 3. The number of alkyl halides is 1. The minimum Gasteiger partial charge on any atom is -0.487 e. The summed E-state index contributed by atoms with van der Waals surface area (Å²) in [5, 5.41) is 12.2. The molecule has 1 aromatic carbocycles. The number of nitro benzene ring substituents is 1. The summed E-state index contributed by atoms with van der Waals surface area (Å²) in [4.78, 5) is 10.3. The van der Waals surface area contributed by atoms with Crippen molar-refractivity contribution in [2.75, 3.05) is 11.9 Å². The molecule has 0 radical (unpaired) electrons. The Morgan fingerprint density at radius 3 is 2.50 bits per heavy atom. The van der Waals surface area contributed by atoms with E-state index in [4.69, 9.17) is 27.9 Å². The zero-order valence-electron chi connectivity index (χ0n) is 9.50. The number of unbranched alkanes of at least 4 members (excludes halogenated alkanes) is 2. The van der Waals surface area contributed by atoms with Crippen LogP contribution in [-0.2, 0) is 0 Å². The summed E-state index contributed by atoms with van der Waals surface area (Å²) in [6, 6.07) is 2.59. The first kappa shape index (κ1) is 15.5. The Hall–Kier alpha value is -0.520. The molecular weight excluding hydrogens is 345 g/mol. The van der Waals surface area contributed by atoms with Crippen molar-refractivity contribution < 1.29 is 9.66 Å². The van der Waals surface area contributed by atoms with Gasteiger partial charge in [-0.2, -0.15) is 0 Å². The van der Waals surface area contributed by atoms with Crippen molar-refractivity contribution in [2.45, 2.75) is 19.3 Å². The molecule has 0 saturated carbocycles. The van der Waals surface area contributed by atoms with Crippen LogP contribution >= 0.6 is 39.1 Å². The van der Waals surface area contributed by atoms with Crippen molar-refractivity contribution in [1.82, 2.24) is 0 Å². The number of nitrogens with zero attached hydrogens (tertiary/aromatic N) is 1. The van der Waals surface area contributed by atoms with E-state index in [-0.39, 0.29) is 21.5 Å². The fraction of sp³-hybridized carbons (Fsp3) is 0.455. The second-order valence-electron chi connectivity index (χ2n) is 3.59. The summed E-state index contributed by atoms with van der Waals surface area (Å²) in [6.45, 7) is 0.422. The molecule has 1 rings (SSSR count). The Morgan fingerprint density at radius 2 is 1.89 bits per heavy atom. The molecule has 7 heteroatoms. The summed E-state index contributed by atoms with van der Waals surface area (Å²) in [5.41, 5.74) is -0.162. The highest BCUT2D eigenvalue weighted by Gasteiger charge is 2.18. The van der Waals surface area contributed by atoms with Gasteiger partial charge in [-0.3, -0.25) is 10.1 Å². The van der Waals surface area contributed by atoms with E-state index in [1.807, 2.05) is 0 Å². The van der Waals surface area contributed by atoms with E-state index in [0.717, 1.165) is 24.6 Å². The van der Waals surface area contributed by atoms with Crippen molar-refractivity contribution >= 4 is 44.8 Å². The first-order valence-corrected chi connectivity index (χ1v) is 7.26. The van der Waals surface area contributed by atoms with Gasteiger partial charge in [-0.05, 0) is 19.3 Å². The third-order valence-electron chi connectivity index (χ3n) is 2.23. The van der Waals surface area contributed by atoms with Crippen LogP contribution in [0.25, 0.3) is 0 Å². The number of nitro groups is 1. The summed E-state index contributed by atoms with van der Waals surface area (Å²) < 4.78 is 5.38. The molecule has 0 spiro atoms. The standard InChI is InChI=1S/C11H12BrCl2NO3/c12-4-2-1-3-5-18-11-7-9(14)8(13)6-10(11)15(16)17/h6-7H,1-5H2. The van der Waals surface area contributed by atoms with Crippen LogP contribution in [0.15, 0.2) is 12.1 Å². The van der Waals surface area contributed by atoms with Gasteiger partial charge in [-0.15, -0.1) is 0 Å². The molecule has 0 aliphatic rings. The van der Waals surface area contributed by atoms with Crippen LogP contribution < -0.4 is 4.74 Å². The molecule has 0 heterocycles. The maximum Gasteiger partial charge on any atom is 0.312 e. The van der Waals surface area contributed by atoms with Crippen LogP contribution in [0.3, 0.4) is 0 Å². The number of halogens is 3. The first-order chi connectivity index (χ1) is 8.56. The molecule has 4 nitrogen and oxygen atoms in total. The largest absolute Gasteiger partial charge is 0.487 e. The summed E-state index contributed by atoms with van der Waals surface area (Å²) >= 11 is 14.9. The molecule has 0 bridgehead atoms. The van der Waals surface area contributed by atoms with Crippen molar-refractivity contribution in [2.24, 2.45) is 0 Å². The lowest BCUT2D eigenvalue weighted by atomic mass is 10.2. The highest BCUT2D eigenvalue weighted by molar-refractivity contribution is 9.09. The molecule has 0 saturated heterocycles. The van der Waals surface area contributed by atoms with Crippen molar-refractivity contribution in [3.05, 3.63) is 32.3 Å².